The monoisotopic (exact) mass is 322 g/mol. The molecular weight excluding hydrogens is 300 g/mol. The summed E-state index contributed by atoms with van der Waals surface area (Å²) in [7, 11) is -3.31. The van der Waals surface area contributed by atoms with Crippen molar-refractivity contribution in [2.24, 2.45) is 0 Å². The van der Waals surface area contributed by atoms with E-state index in [1.54, 1.807) is 17.3 Å². The Morgan fingerprint density at radius 2 is 1.82 bits per heavy atom. The minimum Gasteiger partial charge on any atom is -0.335 e. The van der Waals surface area contributed by atoms with Gasteiger partial charge in [0, 0.05) is 18.9 Å². The Labute approximate surface area is 131 Å². The van der Waals surface area contributed by atoms with Gasteiger partial charge in [0.25, 0.3) is 0 Å². The maximum Gasteiger partial charge on any atom is 0.238 e. The van der Waals surface area contributed by atoms with Crippen LogP contribution in [0.4, 0.5) is 0 Å². The second kappa shape index (κ2) is 6.36. The van der Waals surface area contributed by atoms with Crippen LogP contribution in [0.5, 0.6) is 0 Å². The first-order chi connectivity index (χ1) is 10.6. The van der Waals surface area contributed by atoms with Crippen molar-refractivity contribution in [1.29, 1.82) is 0 Å². The van der Waals surface area contributed by atoms with E-state index in [2.05, 4.69) is 4.98 Å². The summed E-state index contributed by atoms with van der Waals surface area (Å²) in [5, 5.41) is -0.307. The molecule has 1 aromatic rings. The van der Waals surface area contributed by atoms with Crippen LogP contribution in [0, 0.1) is 0 Å². The zero-order valence-electron chi connectivity index (χ0n) is 12.6. The number of aromatic nitrogens is 1. The Hall–Kier alpha value is -1.43. The molecule has 0 unspecified atom stereocenters. The van der Waals surface area contributed by atoms with E-state index >= 15 is 0 Å². The average Bonchev–Trinajstić information content (AvgIpc) is 3.19. The van der Waals surface area contributed by atoms with Gasteiger partial charge in [0.05, 0.1) is 11.3 Å². The number of hydrogen-bond donors (Lipinski definition) is 0. The zero-order valence-corrected chi connectivity index (χ0v) is 13.5. The quantitative estimate of drug-likeness (QED) is 0.851. The number of sulfone groups is 1. The van der Waals surface area contributed by atoms with Crippen molar-refractivity contribution in [3.05, 3.63) is 30.1 Å². The maximum atomic E-state index is 12.5. The van der Waals surface area contributed by atoms with E-state index in [0.717, 1.165) is 31.2 Å². The molecular formula is C16H22N2O3S. The third kappa shape index (κ3) is 3.16. The highest BCUT2D eigenvalue weighted by atomic mass is 32.2. The van der Waals surface area contributed by atoms with Crippen LogP contribution in [0.25, 0.3) is 0 Å². The molecule has 2 heterocycles. The van der Waals surface area contributed by atoms with Crippen LogP contribution in [0.1, 0.15) is 50.1 Å². The van der Waals surface area contributed by atoms with E-state index in [1.807, 2.05) is 12.1 Å². The summed E-state index contributed by atoms with van der Waals surface area (Å²) in [5.74, 6) is -0.578. The van der Waals surface area contributed by atoms with Crippen molar-refractivity contribution in [3.8, 4) is 0 Å². The van der Waals surface area contributed by atoms with E-state index in [-0.39, 0.29) is 23.0 Å². The molecule has 0 spiro atoms. The van der Waals surface area contributed by atoms with Crippen molar-refractivity contribution in [1.82, 2.24) is 9.88 Å². The number of pyridine rings is 1. The highest BCUT2D eigenvalue weighted by Crippen LogP contribution is 2.32. The number of carbonyl (C=O) groups is 1. The molecule has 0 bridgehead atoms. The molecule has 120 valence electrons. The second-order valence-corrected chi connectivity index (χ2v) is 8.52. The summed E-state index contributed by atoms with van der Waals surface area (Å²) >= 11 is 0. The number of carbonyl (C=O) groups excluding carboxylic acids is 1. The third-order valence-electron chi connectivity index (χ3n) is 4.80. The van der Waals surface area contributed by atoms with Crippen LogP contribution >= 0.6 is 0 Å². The molecule has 22 heavy (non-hydrogen) atoms. The fourth-order valence-electron chi connectivity index (χ4n) is 3.62. The molecule has 1 aromatic heterocycles. The van der Waals surface area contributed by atoms with Crippen LogP contribution in [0.2, 0.25) is 0 Å². The first-order valence-electron chi connectivity index (χ1n) is 7.99. The lowest BCUT2D eigenvalue weighted by atomic mass is 10.1. The molecule has 0 radical (unpaired) electrons. The van der Waals surface area contributed by atoms with Gasteiger partial charge in [-0.1, -0.05) is 12.8 Å². The first-order valence-corrected chi connectivity index (χ1v) is 9.70. The van der Waals surface area contributed by atoms with Gasteiger partial charge in [-0.3, -0.25) is 9.78 Å². The molecule has 0 aromatic carbocycles. The summed E-state index contributed by atoms with van der Waals surface area (Å²) < 4.78 is 24.8. The number of likely N-dealkylation sites (tertiary alicyclic amines) is 1. The lowest BCUT2D eigenvalue weighted by Crippen LogP contribution is -2.37. The third-order valence-corrected chi connectivity index (χ3v) is 6.94. The Morgan fingerprint density at radius 3 is 2.50 bits per heavy atom. The van der Waals surface area contributed by atoms with Crippen molar-refractivity contribution in [2.75, 3.05) is 12.3 Å². The molecule has 2 aliphatic rings. The Kier molecular flexibility index (Phi) is 4.47. The molecule has 1 aliphatic heterocycles. The van der Waals surface area contributed by atoms with Crippen LogP contribution in [0.3, 0.4) is 0 Å². The molecule has 1 amide bonds. The molecule has 2 fully saturated rings. The SMILES string of the molecule is O=C(CS(=O)(=O)C1CCCC1)N1CCC[C@H]1c1ccncc1. The molecule has 1 atom stereocenters. The number of rotatable bonds is 4. The summed E-state index contributed by atoms with van der Waals surface area (Å²) in [5.41, 5.74) is 1.04. The van der Waals surface area contributed by atoms with Crippen LogP contribution in [0.15, 0.2) is 24.5 Å². The minimum absolute atomic E-state index is 0.00530. The van der Waals surface area contributed by atoms with Gasteiger partial charge in [-0.25, -0.2) is 8.42 Å². The van der Waals surface area contributed by atoms with E-state index < -0.39 is 9.84 Å². The second-order valence-electron chi connectivity index (χ2n) is 6.24. The zero-order chi connectivity index (χ0) is 15.6. The van der Waals surface area contributed by atoms with E-state index in [4.69, 9.17) is 0 Å². The molecule has 1 saturated heterocycles. The Bertz CT molecular complexity index is 624. The summed E-state index contributed by atoms with van der Waals surface area (Å²) in [6, 6.07) is 3.80. The Balaban J connectivity index is 1.71. The fraction of sp³-hybridized carbons (Fsp3) is 0.625. The predicted molar refractivity (Wildman–Crippen MR) is 84.0 cm³/mol. The van der Waals surface area contributed by atoms with Gasteiger partial charge in [0.1, 0.15) is 5.75 Å². The van der Waals surface area contributed by atoms with Gasteiger partial charge in [-0.15, -0.1) is 0 Å². The van der Waals surface area contributed by atoms with Crippen molar-refractivity contribution in [3.63, 3.8) is 0 Å². The van der Waals surface area contributed by atoms with E-state index in [9.17, 15) is 13.2 Å². The number of nitrogens with zero attached hydrogens (tertiary/aromatic N) is 2. The van der Waals surface area contributed by atoms with E-state index in [0.29, 0.717) is 19.4 Å². The van der Waals surface area contributed by atoms with Crippen LogP contribution < -0.4 is 0 Å². The highest BCUT2D eigenvalue weighted by Gasteiger charge is 2.35. The molecule has 1 saturated carbocycles. The topological polar surface area (TPSA) is 67.3 Å². The summed E-state index contributed by atoms with van der Waals surface area (Å²) in [6.45, 7) is 0.645. The lowest BCUT2D eigenvalue weighted by molar-refractivity contribution is -0.129. The van der Waals surface area contributed by atoms with Crippen molar-refractivity contribution in [2.45, 2.75) is 49.8 Å². The Morgan fingerprint density at radius 1 is 1.14 bits per heavy atom. The molecule has 3 rings (SSSR count). The van der Waals surface area contributed by atoms with Crippen LogP contribution in [-0.4, -0.2) is 41.8 Å². The van der Waals surface area contributed by atoms with Gasteiger partial charge in [0.15, 0.2) is 9.84 Å². The molecule has 0 N–H and O–H groups in total. The van der Waals surface area contributed by atoms with Gasteiger partial charge < -0.3 is 4.90 Å². The van der Waals surface area contributed by atoms with Crippen molar-refractivity contribution >= 4 is 15.7 Å². The van der Waals surface area contributed by atoms with Gasteiger partial charge >= 0.3 is 0 Å². The first kappa shape index (κ1) is 15.5. The lowest BCUT2D eigenvalue weighted by Gasteiger charge is -2.25. The molecule has 6 heteroatoms. The highest BCUT2D eigenvalue weighted by molar-refractivity contribution is 7.92. The summed E-state index contributed by atoms with van der Waals surface area (Å²) in [6.07, 6.45) is 8.58. The smallest absolute Gasteiger partial charge is 0.238 e. The van der Waals surface area contributed by atoms with E-state index in [1.165, 1.54) is 0 Å². The van der Waals surface area contributed by atoms with Gasteiger partial charge in [0.2, 0.25) is 5.91 Å². The predicted octanol–water partition coefficient (Wildman–Crippen LogP) is 2.10. The largest absolute Gasteiger partial charge is 0.335 e. The number of amides is 1. The summed E-state index contributed by atoms with van der Waals surface area (Å²) in [4.78, 5) is 18.3. The molecule has 5 nitrogen and oxygen atoms in total. The van der Waals surface area contributed by atoms with Crippen molar-refractivity contribution < 1.29 is 13.2 Å². The minimum atomic E-state index is -3.31. The fourth-order valence-corrected chi connectivity index (χ4v) is 5.42. The van der Waals surface area contributed by atoms with Crippen LogP contribution in [-0.2, 0) is 14.6 Å². The maximum absolute atomic E-state index is 12.5. The van der Waals surface area contributed by atoms with Gasteiger partial charge in [-0.2, -0.15) is 0 Å². The normalized spacial score (nSPS) is 23.1. The van der Waals surface area contributed by atoms with Gasteiger partial charge in [-0.05, 0) is 43.4 Å². The molecule has 1 aliphatic carbocycles. The average molecular weight is 322 g/mol. The standard InChI is InChI=1S/C16H22N2O3S/c19-16(12-22(20,21)14-4-1-2-5-14)18-11-3-6-15(18)13-7-9-17-10-8-13/h7-10,14-15H,1-6,11-12H2/t15-/m0/s1. The number of hydrogen-bond acceptors (Lipinski definition) is 4.